The maximum atomic E-state index is 12.3. The van der Waals surface area contributed by atoms with Crippen molar-refractivity contribution in [2.24, 2.45) is 11.1 Å². The molecule has 0 unspecified atom stereocenters. The molecule has 2 aliphatic rings. The van der Waals surface area contributed by atoms with E-state index in [-0.39, 0.29) is 5.41 Å². The van der Waals surface area contributed by atoms with Crippen LogP contribution in [0.25, 0.3) is 0 Å². The zero-order valence-corrected chi connectivity index (χ0v) is 9.50. The molecule has 1 heterocycles. The number of nitrogens with zero attached hydrogens (tertiary/aromatic N) is 1. The van der Waals surface area contributed by atoms with Gasteiger partial charge < -0.3 is 10.6 Å². The third-order valence-electron chi connectivity index (χ3n) is 4.05. The Kier molecular flexibility index (Phi) is 3.29. The van der Waals surface area contributed by atoms with Crippen LogP contribution in [0, 0.1) is 5.41 Å². The van der Waals surface area contributed by atoms with Gasteiger partial charge in [-0.25, -0.2) is 0 Å². The van der Waals surface area contributed by atoms with Crippen molar-refractivity contribution >= 4 is 5.91 Å². The van der Waals surface area contributed by atoms with Gasteiger partial charge in [0, 0.05) is 19.6 Å². The minimum Gasteiger partial charge on any atom is -0.342 e. The van der Waals surface area contributed by atoms with Crippen molar-refractivity contribution in [3.05, 3.63) is 0 Å². The van der Waals surface area contributed by atoms with Crippen molar-refractivity contribution in [1.29, 1.82) is 0 Å². The van der Waals surface area contributed by atoms with E-state index < -0.39 is 0 Å². The number of rotatable bonds is 2. The van der Waals surface area contributed by atoms with Gasteiger partial charge in [-0.15, -0.1) is 0 Å². The van der Waals surface area contributed by atoms with Crippen LogP contribution >= 0.6 is 0 Å². The second kappa shape index (κ2) is 4.52. The lowest BCUT2D eigenvalue weighted by Crippen LogP contribution is -2.52. The number of nitrogens with two attached hydrogens (primary N) is 1. The van der Waals surface area contributed by atoms with E-state index in [1.54, 1.807) is 0 Å². The molecule has 1 aliphatic carbocycles. The highest BCUT2D eigenvalue weighted by Gasteiger charge is 2.44. The molecular weight excluding hydrogens is 188 g/mol. The summed E-state index contributed by atoms with van der Waals surface area (Å²) < 4.78 is 0. The van der Waals surface area contributed by atoms with Crippen LogP contribution in [0.1, 0.15) is 44.9 Å². The normalized spacial score (nSPS) is 25.5. The predicted octanol–water partition coefficient (Wildman–Crippen LogP) is 1.52. The molecule has 2 N–H and O–H groups in total. The first-order chi connectivity index (χ1) is 7.28. The minimum absolute atomic E-state index is 0.162. The van der Waals surface area contributed by atoms with Gasteiger partial charge in [-0.05, 0) is 25.7 Å². The summed E-state index contributed by atoms with van der Waals surface area (Å²) in [6, 6.07) is 0. The quantitative estimate of drug-likeness (QED) is 0.751. The highest BCUT2D eigenvalue weighted by atomic mass is 16.2. The van der Waals surface area contributed by atoms with E-state index in [0.29, 0.717) is 12.5 Å². The Morgan fingerprint density at radius 2 is 1.67 bits per heavy atom. The van der Waals surface area contributed by atoms with Gasteiger partial charge in [-0.2, -0.15) is 0 Å². The number of carbonyl (C=O) groups is 1. The molecule has 0 radical (unpaired) electrons. The molecule has 0 aromatic heterocycles. The van der Waals surface area contributed by atoms with Crippen LogP contribution in [0.5, 0.6) is 0 Å². The molecule has 1 aliphatic heterocycles. The third kappa shape index (κ3) is 2.03. The molecule has 2 fully saturated rings. The molecule has 3 nitrogen and oxygen atoms in total. The lowest BCUT2D eigenvalue weighted by atomic mass is 9.68. The van der Waals surface area contributed by atoms with Crippen molar-refractivity contribution in [3.63, 3.8) is 0 Å². The molecule has 0 spiro atoms. The number of likely N-dealkylation sites (tertiary alicyclic amines) is 1. The van der Waals surface area contributed by atoms with Crippen LogP contribution in [0.4, 0.5) is 0 Å². The molecule has 0 atom stereocenters. The molecule has 2 rings (SSSR count). The van der Waals surface area contributed by atoms with Crippen LogP contribution in [0.15, 0.2) is 0 Å². The standard InChI is InChI=1S/C12H22N2O/c13-10-12(6-5-7-12)11(15)14-8-3-1-2-4-9-14/h1-10,13H2. The summed E-state index contributed by atoms with van der Waals surface area (Å²) in [7, 11) is 0. The second-order valence-electron chi connectivity index (χ2n) is 5.04. The number of carbonyl (C=O) groups excluding carboxylic acids is 1. The second-order valence-corrected chi connectivity index (χ2v) is 5.04. The molecule has 0 bridgehead atoms. The van der Waals surface area contributed by atoms with E-state index in [2.05, 4.69) is 4.90 Å². The summed E-state index contributed by atoms with van der Waals surface area (Å²) >= 11 is 0. The van der Waals surface area contributed by atoms with Gasteiger partial charge in [-0.1, -0.05) is 19.3 Å². The lowest BCUT2D eigenvalue weighted by molar-refractivity contribution is -0.146. The van der Waals surface area contributed by atoms with E-state index in [9.17, 15) is 4.79 Å². The van der Waals surface area contributed by atoms with Gasteiger partial charge in [-0.3, -0.25) is 4.79 Å². The van der Waals surface area contributed by atoms with E-state index in [1.807, 2.05) is 0 Å². The topological polar surface area (TPSA) is 46.3 Å². The molecule has 3 heteroatoms. The fourth-order valence-corrected chi connectivity index (χ4v) is 2.72. The Morgan fingerprint density at radius 3 is 2.07 bits per heavy atom. The van der Waals surface area contributed by atoms with Crippen LogP contribution in [-0.4, -0.2) is 30.4 Å². The zero-order chi connectivity index (χ0) is 10.7. The van der Waals surface area contributed by atoms with Gasteiger partial charge >= 0.3 is 0 Å². The predicted molar refractivity (Wildman–Crippen MR) is 60.4 cm³/mol. The van der Waals surface area contributed by atoms with Crippen LogP contribution in [0.3, 0.4) is 0 Å². The van der Waals surface area contributed by atoms with E-state index in [1.165, 1.54) is 32.1 Å². The molecule has 86 valence electrons. The van der Waals surface area contributed by atoms with Crippen molar-refractivity contribution in [1.82, 2.24) is 4.90 Å². The first kappa shape index (κ1) is 10.9. The lowest BCUT2D eigenvalue weighted by Gasteiger charge is -2.42. The van der Waals surface area contributed by atoms with Gasteiger partial charge in [0.25, 0.3) is 0 Å². The monoisotopic (exact) mass is 210 g/mol. The summed E-state index contributed by atoms with van der Waals surface area (Å²) in [4.78, 5) is 14.4. The molecule has 0 aromatic carbocycles. The molecular formula is C12H22N2O. The average molecular weight is 210 g/mol. The van der Waals surface area contributed by atoms with Crippen LogP contribution in [0.2, 0.25) is 0 Å². The Balaban J connectivity index is 1.98. The van der Waals surface area contributed by atoms with Crippen molar-refractivity contribution in [2.45, 2.75) is 44.9 Å². The van der Waals surface area contributed by atoms with Crippen molar-refractivity contribution < 1.29 is 4.79 Å². The number of amides is 1. The van der Waals surface area contributed by atoms with Gasteiger partial charge in [0.2, 0.25) is 5.91 Å². The molecule has 1 saturated heterocycles. The summed E-state index contributed by atoms with van der Waals surface area (Å²) in [5.41, 5.74) is 5.61. The fraction of sp³-hybridized carbons (Fsp3) is 0.917. The minimum atomic E-state index is -0.162. The van der Waals surface area contributed by atoms with Crippen LogP contribution < -0.4 is 5.73 Å². The summed E-state index contributed by atoms with van der Waals surface area (Å²) in [6.07, 6.45) is 8.10. The molecule has 1 saturated carbocycles. The first-order valence-corrected chi connectivity index (χ1v) is 6.28. The van der Waals surface area contributed by atoms with Crippen molar-refractivity contribution in [2.75, 3.05) is 19.6 Å². The summed E-state index contributed by atoms with van der Waals surface area (Å²) in [5.74, 6) is 0.346. The van der Waals surface area contributed by atoms with Gasteiger partial charge in [0.1, 0.15) is 0 Å². The van der Waals surface area contributed by atoms with E-state index >= 15 is 0 Å². The fourth-order valence-electron chi connectivity index (χ4n) is 2.72. The molecule has 1 amide bonds. The Morgan fingerprint density at radius 1 is 1.07 bits per heavy atom. The number of hydrogen-bond acceptors (Lipinski definition) is 2. The SMILES string of the molecule is NCC1(C(=O)N2CCCCCC2)CCC1. The Hall–Kier alpha value is -0.570. The highest BCUT2D eigenvalue weighted by Crippen LogP contribution is 2.41. The van der Waals surface area contributed by atoms with Crippen LogP contribution in [-0.2, 0) is 4.79 Å². The Bertz CT molecular complexity index is 222. The molecule has 15 heavy (non-hydrogen) atoms. The summed E-state index contributed by atoms with van der Waals surface area (Å²) in [5, 5.41) is 0. The van der Waals surface area contributed by atoms with Gasteiger partial charge in [0.15, 0.2) is 0 Å². The largest absolute Gasteiger partial charge is 0.342 e. The smallest absolute Gasteiger partial charge is 0.230 e. The van der Waals surface area contributed by atoms with Crippen molar-refractivity contribution in [3.8, 4) is 0 Å². The van der Waals surface area contributed by atoms with E-state index in [0.717, 1.165) is 25.9 Å². The maximum absolute atomic E-state index is 12.3. The Labute approximate surface area is 92.0 Å². The molecule has 0 aromatic rings. The highest BCUT2D eigenvalue weighted by molar-refractivity contribution is 5.84. The first-order valence-electron chi connectivity index (χ1n) is 6.28. The zero-order valence-electron chi connectivity index (χ0n) is 9.50. The summed E-state index contributed by atoms with van der Waals surface area (Å²) in [6.45, 7) is 2.46. The number of hydrogen-bond donors (Lipinski definition) is 1. The maximum Gasteiger partial charge on any atom is 0.230 e. The van der Waals surface area contributed by atoms with Gasteiger partial charge in [0.05, 0.1) is 5.41 Å². The average Bonchev–Trinajstić information content (AvgIpc) is 2.44. The van der Waals surface area contributed by atoms with E-state index in [4.69, 9.17) is 5.73 Å². The third-order valence-corrected chi connectivity index (χ3v) is 4.05.